The van der Waals surface area contributed by atoms with Crippen LogP contribution in [0.2, 0.25) is 0 Å². The van der Waals surface area contributed by atoms with E-state index in [0.29, 0.717) is 11.5 Å². The van der Waals surface area contributed by atoms with Crippen molar-refractivity contribution in [1.29, 1.82) is 0 Å². The summed E-state index contributed by atoms with van der Waals surface area (Å²) < 4.78 is 0. The first-order chi connectivity index (χ1) is 5.04. The van der Waals surface area contributed by atoms with Crippen LogP contribution in [0.25, 0.3) is 0 Å². The van der Waals surface area contributed by atoms with Crippen molar-refractivity contribution < 1.29 is 4.79 Å². The molecule has 0 aromatic rings. The van der Waals surface area contributed by atoms with Crippen LogP contribution in [0.15, 0.2) is 23.3 Å². The highest BCUT2D eigenvalue weighted by Crippen LogP contribution is 2.31. The molecule has 11 heavy (non-hydrogen) atoms. The third kappa shape index (κ3) is 1.85. The Morgan fingerprint density at radius 2 is 2.36 bits per heavy atom. The molecular weight excluding hydrogens is 183 g/mol. The van der Waals surface area contributed by atoms with E-state index in [-0.39, 0.29) is 5.78 Å². The van der Waals surface area contributed by atoms with E-state index in [4.69, 9.17) is 23.2 Å². The van der Waals surface area contributed by atoms with Crippen LogP contribution >= 0.6 is 23.2 Å². The van der Waals surface area contributed by atoms with Gasteiger partial charge >= 0.3 is 0 Å². The predicted molar refractivity (Wildman–Crippen MR) is 47.0 cm³/mol. The maximum atomic E-state index is 11.0. The fraction of sp³-hybridized carbons (Fsp3) is 0.375. The first-order valence-corrected chi connectivity index (χ1v) is 4.04. The molecule has 3 heteroatoms. The predicted octanol–water partition coefficient (Wildman–Crippen LogP) is 2.64. The Balaban J connectivity index is 2.86. The average molecular weight is 191 g/mol. The quantitative estimate of drug-likeness (QED) is 0.582. The van der Waals surface area contributed by atoms with Gasteiger partial charge in [0.1, 0.15) is 4.87 Å². The van der Waals surface area contributed by atoms with Gasteiger partial charge in [0.15, 0.2) is 5.78 Å². The summed E-state index contributed by atoms with van der Waals surface area (Å²) in [5, 5.41) is 0.623. The molecule has 0 aromatic carbocycles. The Morgan fingerprint density at radius 1 is 1.73 bits per heavy atom. The van der Waals surface area contributed by atoms with E-state index in [0.717, 1.165) is 0 Å². The normalized spacial score (nSPS) is 29.9. The molecule has 1 nitrogen and oxygen atoms in total. The van der Waals surface area contributed by atoms with Gasteiger partial charge in [0, 0.05) is 11.5 Å². The largest absolute Gasteiger partial charge is 0.298 e. The molecular formula is C8H8Cl2O. The van der Waals surface area contributed by atoms with Gasteiger partial charge in [0.25, 0.3) is 0 Å². The molecule has 0 amide bonds. The fourth-order valence-corrected chi connectivity index (χ4v) is 1.48. The van der Waals surface area contributed by atoms with Crippen LogP contribution in [-0.4, -0.2) is 10.7 Å². The molecule has 0 aromatic heterocycles. The third-order valence-electron chi connectivity index (χ3n) is 1.65. The smallest absolute Gasteiger partial charge is 0.154 e. The molecule has 60 valence electrons. The average Bonchev–Trinajstić information content (AvgIpc) is 1.86. The van der Waals surface area contributed by atoms with Crippen molar-refractivity contribution in [2.24, 2.45) is 0 Å². The van der Waals surface area contributed by atoms with Crippen molar-refractivity contribution >= 4 is 29.0 Å². The molecule has 1 unspecified atom stereocenters. The molecule has 0 saturated heterocycles. The summed E-state index contributed by atoms with van der Waals surface area (Å²) in [6.45, 7) is 1.47. The van der Waals surface area contributed by atoms with Crippen LogP contribution < -0.4 is 0 Å². The zero-order valence-corrected chi connectivity index (χ0v) is 7.62. The van der Waals surface area contributed by atoms with Crippen LogP contribution in [0.4, 0.5) is 0 Å². The highest BCUT2D eigenvalue weighted by molar-refractivity contribution is 6.38. The molecule has 0 saturated carbocycles. The SMILES string of the molecule is CC(=O)C1(Cl)C=CC=C(Cl)C1. The molecule has 0 heterocycles. The lowest BCUT2D eigenvalue weighted by molar-refractivity contribution is -0.118. The molecule has 0 aliphatic heterocycles. The second-order valence-electron chi connectivity index (χ2n) is 2.57. The standard InChI is InChI=1S/C8H8Cl2O/c1-6(11)8(10)4-2-3-7(9)5-8/h2-4H,5H2,1H3. The number of hydrogen-bond acceptors (Lipinski definition) is 1. The molecule has 1 atom stereocenters. The number of allylic oxidation sites excluding steroid dienone is 4. The highest BCUT2D eigenvalue weighted by atomic mass is 35.5. The topological polar surface area (TPSA) is 17.1 Å². The third-order valence-corrected chi connectivity index (χ3v) is 2.43. The number of rotatable bonds is 1. The Bertz CT molecular complexity index is 242. The first-order valence-electron chi connectivity index (χ1n) is 3.28. The van der Waals surface area contributed by atoms with E-state index in [1.807, 2.05) is 0 Å². The minimum absolute atomic E-state index is 0.0679. The molecule has 1 aliphatic rings. The van der Waals surface area contributed by atoms with Gasteiger partial charge in [0.05, 0.1) is 0 Å². The molecule has 1 rings (SSSR count). The minimum atomic E-state index is -0.897. The summed E-state index contributed by atoms with van der Waals surface area (Å²) in [5.74, 6) is -0.0679. The van der Waals surface area contributed by atoms with Gasteiger partial charge < -0.3 is 0 Å². The van der Waals surface area contributed by atoms with Crippen LogP contribution in [0.3, 0.4) is 0 Å². The van der Waals surface area contributed by atoms with E-state index in [1.54, 1.807) is 18.2 Å². The number of hydrogen-bond donors (Lipinski definition) is 0. The molecule has 0 bridgehead atoms. The van der Waals surface area contributed by atoms with Crippen molar-refractivity contribution in [2.75, 3.05) is 0 Å². The minimum Gasteiger partial charge on any atom is -0.298 e. The zero-order valence-electron chi connectivity index (χ0n) is 6.10. The monoisotopic (exact) mass is 190 g/mol. The Labute approximate surface area is 75.7 Å². The van der Waals surface area contributed by atoms with E-state index in [2.05, 4.69) is 0 Å². The van der Waals surface area contributed by atoms with Crippen molar-refractivity contribution in [2.45, 2.75) is 18.2 Å². The first kappa shape index (κ1) is 8.82. The number of Topliss-reactive ketones (excluding diaryl/α,β-unsaturated/α-hetero) is 1. The summed E-state index contributed by atoms with van der Waals surface area (Å²) in [6.07, 6.45) is 5.52. The van der Waals surface area contributed by atoms with Gasteiger partial charge in [-0.05, 0) is 13.0 Å². The Kier molecular flexibility index (Phi) is 2.40. The van der Waals surface area contributed by atoms with Crippen molar-refractivity contribution in [3.8, 4) is 0 Å². The number of ketones is 1. The maximum Gasteiger partial charge on any atom is 0.154 e. The number of alkyl halides is 1. The Morgan fingerprint density at radius 3 is 2.73 bits per heavy atom. The molecule has 1 aliphatic carbocycles. The van der Waals surface area contributed by atoms with Gasteiger partial charge in [-0.2, -0.15) is 0 Å². The Hall–Kier alpha value is -0.270. The molecule has 0 spiro atoms. The second-order valence-corrected chi connectivity index (χ2v) is 3.73. The molecule has 0 N–H and O–H groups in total. The van der Waals surface area contributed by atoms with E-state index in [9.17, 15) is 4.79 Å². The number of carbonyl (C=O) groups is 1. The van der Waals surface area contributed by atoms with Gasteiger partial charge in [-0.25, -0.2) is 0 Å². The maximum absolute atomic E-state index is 11.0. The number of halogens is 2. The fourth-order valence-electron chi connectivity index (χ4n) is 0.910. The van der Waals surface area contributed by atoms with E-state index in [1.165, 1.54) is 6.92 Å². The van der Waals surface area contributed by atoms with E-state index >= 15 is 0 Å². The molecule has 0 fully saturated rings. The van der Waals surface area contributed by atoms with Gasteiger partial charge in [0.2, 0.25) is 0 Å². The lowest BCUT2D eigenvalue weighted by atomic mass is 9.96. The number of carbonyl (C=O) groups excluding carboxylic acids is 1. The summed E-state index contributed by atoms with van der Waals surface area (Å²) in [6, 6.07) is 0. The van der Waals surface area contributed by atoms with Gasteiger partial charge in [-0.15, -0.1) is 11.6 Å². The van der Waals surface area contributed by atoms with Crippen LogP contribution in [0.5, 0.6) is 0 Å². The lowest BCUT2D eigenvalue weighted by Gasteiger charge is -2.21. The van der Waals surface area contributed by atoms with Gasteiger partial charge in [-0.3, -0.25) is 4.79 Å². The van der Waals surface area contributed by atoms with Crippen LogP contribution in [-0.2, 0) is 4.79 Å². The second kappa shape index (κ2) is 3.00. The van der Waals surface area contributed by atoms with Crippen LogP contribution in [0.1, 0.15) is 13.3 Å². The van der Waals surface area contributed by atoms with Crippen LogP contribution in [0, 0.1) is 0 Å². The van der Waals surface area contributed by atoms with Crippen molar-refractivity contribution in [1.82, 2.24) is 0 Å². The zero-order chi connectivity index (χ0) is 8.48. The highest BCUT2D eigenvalue weighted by Gasteiger charge is 2.31. The summed E-state index contributed by atoms with van der Waals surface area (Å²) >= 11 is 11.7. The van der Waals surface area contributed by atoms with Crippen molar-refractivity contribution in [3.05, 3.63) is 23.3 Å². The summed E-state index contributed by atoms with van der Waals surface area (Å²) in [4.78, 5) is 10.1. The van der Waals surface area contributed by atoms with Crippen molar-refractivity contribution in [3.63, 3.8) is 0 Å². The lowest BCUT2D eigenvalue weighted by Crippen LogP contribution is -2.29. The summed E-state index contributed by atoms with van der Waals surface area (Å²) in [7, 11) is 0. The summed E-state index contributed by atoms with van der Waals surface area (Å²) in [5.41, 5.74) is 0. The van der Waals surface area contributed by atoms with E-state index < -0.39 is 4.87 Å². The molecule has 0 radical (unpaired) electrons. The van der Waals surface area contributed by atoms with Gasteiger partial charge in [-0.1, -0.05) is 23.8 Å².